The lowest BCUT2D eigenvalue weighted by atomic mass is 10.2. The molecule has 6 heteroatoms. The van der Waals surface area contributed by atoms with Gasteiger partial charge in [-0.25, -0.2) is 0 Å². The molecular weight excluding hydrogens is 294 g/mol. The summed E-state index contributed by atoms with van der Waals surface area (Å²) in [4.78, 5) is 14.7. The van der Waals surface area contributed by atoms with E-state index in [1.54, 1.807) is 0 Å². The van der Waals surface area contributed by atoms with Crippen LogP contribution in [-0.4, -0.2) is 58.6 Å². The van der Waals surface area contributed by atoms with Crippen molar-refractivity contribution in [2.75, 3.05) is 19.8 Å². The predicted octanol–water partition coefficient (Wildman–Crippen LogP) is 1.77. The van der Waals surface area contributed by atoms with E-state index < -0.39 is 6.10 Å². The zero-order chi connectivity index (χ0) is 16.2. The molecule has 0 saturated carbocycles. The van der Waals surface area contributed by atoms with Gasteiger partial charge in [0.05, 0.1) is 31.5 Å². The van der Waals surface area contributed by atoms with Crippen molar-refractivity contribution in [3.63, 3.8) is 0 Å². The minimum atomic E-state index is -0.404. The fraction of sp³-hybridized carbons (Fsp3) is 0.765. The van der Waals surface area contributed by atoms with Gasteiger partial charge < -0.3 is 14.4 Å². The van der Waals surface area contributed by atoms with Gasteiger partial charge in [0.15, 0.2) is 0 Å². The standard InChI is InChI=1S/C17H27N3O3/c1-13-9-18-19(10-13)11-15-5-3-7-20(15)17(21)14(2)23-12-16-6-4-8-22-16/h9-10,14-16H,3-8,11-12H2,1-2H3/t14-,15+,16-/m1/s1. The summed E-state index contributed by atoms with van der Waals surface area (Å²) in [5, 5.41) is 4.34. The van der Waals surface area contributed by atoms with Crippen LogP contribution in [-0.2, 0) is 20.8 Å². The summed E-state index contributed by atoms with van der Waals surface area (Å²) in [5.74, 6) is 0.0920. The van der Waals surface area contributed by atoms with Gasteiger partial charge in [-0.3, -0.25) is 9.48 Å². The molecule has 1 aromatic rings. The maximum Gasteiger partial charge on any atom is 0.251 e. The molecule has 0 N–H and O–H groups in total. The SMILES string of the molecule is Cc1cnn(C[C@@H]2CCCN2C(=O)[C@@H](C)OC[C@H]2CCCO2)c1. The zero-order valence-corrected chi connectivity index (χ0v) is 14.1. The molecule has 6 nitrogen and oxygen atoms in total. The van der Waals surface area contributed by atoms with Crippen molar-refractivity contribution in [2.24, 2.45) is 0 Å². The average Bonchev–Trinajstić information content (AvgIpc) is 3.27. The second-order valence-corrected chi connectivity index (χ2v) is 6.68. The average molecular weight is 321 g/mol. The molecule has 0 radical (unpaired) electrons. The van der Waals surface area contributed by atoms with Gasteiger partial charge in [-0.2, -0.15) is 5.10 Å². The van der Waals surface area contributed by atoms with Gasteiger partial charge in [0, 0.05) is 19.3 Å². The third kappa shape index (κ3) is 4.12. The number of hydrogen-bond donors (Lipinski definition) is 0. The largest absolute Gasteiger partial charge is 0.376 e. The fourth-order valence-electron chi connectivity index (χ4n) is 3.43. The summed E-state index contributed by atoms with van der Waals surface area (Å²) in [6.45, 7) is 6.79. The Bertz CT molecular complexity index is 525. The molecule has 3 atom stereocenters. The van der Waals surface area contributed by atoms with Crippen molar-refractivity contribution in [2.45, 2.75) is 64.3 Å². The Morgan fingerprint density at radius 3 is 3.04 bits per heavy atom. The predicted molar refractivity (Wildman–Crippen MR) is 86.1 cm³/mol. The lowest BCUT2D eigenvalue weighted by molar-refractivity contribution is -0.145. The molecule has 2 aliphatic rings. The molecule has 0 spiro atoms. The van der Waals surface area contributed by atoms with Gasteiger partial charge in [0.25, 0.3) is 5.91 Å². The third-order valence-corrected chi connectivity index (χ3v) is 4.72. The summed E-state index contributed by atoms with van der Waals surface area (Å²) < 4.78 is 13.2. The molecule has 0 bridgehead atoms. The molecular formula is C17H27N3O3. The van der Waals surface area contributed by atoms with Gasteiger partial charge in [-0.1, -0.05) is 0 Å². The van der Waals surface area contributed by atoms with Crippen molar-refractivity contribution in [1.29, 1.82) is 0 Å². The van der Waals surface area contributed by atoms with Gasteiger partial charge in [0.1, 0.15) is 6.10 Å². The lowest BCUT2D eigenvalue weighted by Crippen LogP contribution is -2.44. The van der Waals surface area contributed by atoms with Crippen LogP contribution in [0.2, 0.25) is 0 Å². The zero-order valence-electron chi connectivity index (χ0n) is 14.1. The highest BCUT2D eigenvalue weighted by Crippen LogP contribution is 2.21. The molecule has 23 heavy (non-hydrogen) atoms. The smallest absolute Gasteiger partial charge is 0.251 e. The first kappa shape index (κ1) is 16.5. The van der Waals surface area contributed by atoms with Crippen molar-refractivity contribution >= 4 is 5.91 Å². The number of nitrogens with zero attached hydrogens (tertiary/aromatic N) is 3. The van der Waals surface area contributed by atoms with Gasteiger partial charge in [-0.15, -0.1) is 0 Å². The lowest BCUT2D eigenvalue weighted by Gasteiger charge is -2.28. The topological polar surface area (TPSA) is 56.6 Å². The van der Waals surface area contributed by atoms with Crippen LogP contribution in [0, 0.1) is 6.92 Å². The van der Waals surface area contributed by atoms with Crippen molar-refractivity contribution < 1.29 is 14.3 Å². The van der Waals surface area contributed by atoms with Crippen LogP contribution in [0.1, 0.15) is 38.2 Å². The van der Waals surface area contributed by atoms with Crippen LogP contribution in [0.4, 0.5) is 0 Å². The summed E-state index contributed by atoms with van der Waals surface area (Å²) in [6, 6.07) is 0.218. The molecule has 0 aromatic carbocycles. The van der Waals surface area contributed by atoms with Crippen LogP contribution in [0.3, 0.4) is 0 Å². The normalized spacial score (nSPS) is 25.9. The Morgan fingerprint density at radius 2 is 2.35 bits per heavy atom. The molecule has 128 valence electrons. The van der Waals surface area contributed by atoms with Gasteiger partial charge in [0.2, 0.25) is 0 Å². The minimum absolute atomic E-state index is 0.0920. The van der Waals surface area contributed by atoms with E-state index in [-0.39, 0.29) is 18.1 Å². The Hall–Kier alpha value is -1.40. The van der Waals surface area contributed by atoms with E-state index in [0.717, 1.165) is 50.9 Å². The van der Waals surface area contributed by atoms with Crippen molar-refractivity contribution in [3.05, 3.63) is 18.0 Å². The first-order chi connectivity index (χ1) is 11.1. The summed E-state index contributed by atoms with van der Waals surface area (Å²) >= 11 is 0. The molecule has 3 rings (SSSR count). The van der Waals surface area contributed by atoms with E-state index in [2.05, 4.69) is 5.10 Å². The number of carbonyl (C=O) groups excluding carboxylic acids is 1. The Labute approximate surface area is 137 Å². The maximum atomic E-state index is 12.7. The molecule has 3 heterocycles. The van der Waals surface area contributed by atoms with Gasteiger partial charge >= 0.3 is 0 Å². The van der Waals surface area contributed by atoms with E-state index in [1.165, 1.54) is 0 Å². The number of carbonyl (C=O) groups is 1. The Kier molecular flexibility index (Phi) is 5.33. The summed E-state index contributed by atoms with van der Waals surface area (Å²) in [6.07, 6.45) is 7.84. The highest BCUT2D eigenvalue weighted by Gasteiger charge is 2.32. The first-order valence-corrected chi connectivity index (χ1v) is 8.66. The van der Waals surface area contributed by atoms with E-state index in [1.807, 2.05) is 35.8 Å². The van der Waals surface area contributed by atoms with Gasteiger partial charge in [-0.05, 0) is 45.1 Å². The molecule has 0 aliphatic carbocycles. The maximum absolute atomic E-state index is 12.7. The second-order valence-electron chi connectivity index (χ2n) is 6.68. The molecule has 0 unspecified atom stereocenters. The number of amides is 1. The van der Waals surface area contributed by atoms with E-state index in [4.69, 9.17) is 9.47 Å². The summed E-state index contributed by atoms with van der Waals surface area (Å²) in [7, 11) is 0. The molecule has 1 amide bonds. The molecule has 2 fully saturated rings. The van der Waals surface area contributed by atoms with Crippen molar-refractivity contribution in [3.8, 4) is 0 Å². The molecule has 1 aromatic heterocycles. The minimum Gasteiger partial charge on any atom is -0.376 e. The fourth-order valence-corrected chi connectivity index (χ4v) is 3.43. The first-order valence-electron chi connectivity index (χ1n) is 8.66. The Morgan fingerprint density at radius 1 is 1.48 bits per heavy atom. The van der Waals surface area contributed by atoms with Crippen molar-refractivity contribution in [1.82, 2.24) is 14.7 Å². The number of aromatic nitrogens is 2. The number of rotatable bonds is 6. The highest BCUT2D eigenvalue weighted by molar-refractivity contribution is 5.81. The van der Waals surface area contributed by atoms with Crippen LogP contribution < -0.4 is 0 Å². The van der Waals surface area contributed by atoms with Crippen LogP contribution in [0.15, 0.2) is 12.4 Å². The van der Waals surface area contributed by atoms with Crippen LogP contribution in [0.5, 0.6) is 0 Å². The van der Waals surface area contributed by atoms with Crippen LogP contribution >= 0.6 is 0 Å². The molecule has 2 aliphatic heterocycles. The molecule has 2 saturated heterocycles. The Balaban J connectivity index is 1.52. The summed E-state index contributed by atoms with van der Waals surface area (Å²) in [5.41, 5.74) is 1.15. The van der Waals surface area contributed by atoms with E-state index in [0.29, 0.717) is 6.61 Å². The number of hydrogen-bond acceptors (Lipinski definition) is 4. The second kappa shape index (κ2) is 7.45. The van der Waals surface area contributed by atoms with E-state index >= 15 is 0 Å². The van der Waals surface area contributed by atoms with Crippen LogP contribution in [0.25, 0.3) is 0 Å². The third-order valence-electron chi connectivity index (χ3n) is 4.72. The van der Waals surface area contributed by atoms with E-state index in [9.17, 15) is 4.79 Å². The number of ether oxygens (including phenoxy) is 2. The monoisotopic (exact) mass is 321 g/mol. The number of likely N-dealkylation sites (tertiary alicyclic amines) is 1. The quantitative estimate of drug-likeness (QED) is 0.801. The number of aryl methyl sites for hydroxylation is 1. The highest BCUT2D eigenvalue weighted by atomic mass is 16.5.